The van der Waals surface area contributed by atoms with Gasteiger partial charge in [0.15, 0.2) is 10.3 Å². The van der Waals surface area contributed by atoms with Gasteiger partial charge in [0.2, 0.25) is 0 Å². The number of para-hydroxylation sites is 1. The first-order chi connectivity index (χ1) is 24.2. The number of carbonyl (C=O) groups excluding carboxylic acids is 1. The van der Waals surface area contributed by atoms with Gasteiger partial charge in [0, 0.05) is 12.1 Å². The van der Waals surface area contributed by atoms with Crippen LogP contribution in [0.3, 0.4) is 0 Å². The molecule has 6 rings (SSSR count). The lowest BCUT2D eigenvalue weighted by Crippen LogP contribution is -2.16. The molecule has 2 fully saturated rings. The highest BCUT2D eigenvalue weighted by molar-refractivity contribution is 8.00. The van der Waals surface area contributed by atoms with Gasteiger partial charge in [0.1, 0.15) is 5.78 Å². The number of nitrogens with two attached hydrogens (primary N) is 1. The van der Waals surface area contributed by atoms with Gasteiger partial charge in [0.25, 0.3) is 22.5 Å². The van der Waals surface area contributed by atoms with E-state index in [2.05, 4.69) is 29.6 Å². The number of Topliss-reactive ketones (excluding diaryl/α,β-unsaturated/α-hetero) is 1. The predicted molar refractivity (Wildman–Crippen MR) is 195 cm³/mol. The quantitative estimate of drug-likeness (QED) is 0.0584. The van der Waals surface area contributed by atoms with Gasteiger partial charge in [-0.25, -0.2) is 19.7 Å². The van der Waals surface area contributed by atoms with E-state index in [1.807, 2.05) is 60.7 Å². The number of nitrogens with zero attached hydrogens (tertiary/aromatic N) is 4. The molecule has 12 nitrogen and oxygen atoms in total. The molecule has 258 valence electrons. The largest absolute Gasteiger partial charge is 0.481 e. The van der Waals surface area contributed by atoms with Crippen LogP contribution in [0.2, 0.25) is 0 Å². The van der Waals surface area contributed by atoms with E-state index >= 15 is 0 Å². The van der Waals surface area contributed by atoms with Crippen LogP contribution >= 0.6 is 23.5 Å². The SMILES string of the molecule is Nc1ccccc1.[C-]#[N+]c1c(C2CC2)nc(SCC(=O)O)[nH]c1=O.[C-]#[N+]c1c(C2CCCCC2)nc(SCC(=O)Cc2ccccc2)[nH]c1=O. The van der Waals surface area contributed by atoms with E-state index in [1.165, 1.54) is 18.2 Å². The number of nitrogens with one attached hydrogen (secondary N) is 2. The molecule has 2 aromatic heterocycles. The van der Waals surface area contributed by atoms with Crippen molar-refractivity contribution >= 4 is 52.3 Å². The van der Waals surface area contributed by atoms with E-state index in [0.29, 0.717) is 23.0 Å². The molecule has 14 heteroatoms. The molecule has 0 bridgehead atoms. The van der Waals surface area contributed by atoms with Gasteiger partial charge in [-0.3, -0.25) is 19.2 Å². The fourth-order valence-electron chi connectivity index (χ4n) is 5.19. The summed E-state index contributed by atoms with van der Waals surface area (Å²) in [4.78, 5) is 66.9. The van der Waals surface area contributed by atoms with E-state index in [1.54, 1.807) is 0 Å². The van der Waals surface area contributed by atoms with Crippen LogP contribution in [0.1, 0.15) is 73.7 Å². The Morgan fingerprint density at radius 2 is 1.24 bits per heavy atom. The van der Waals surface area contributed by atoms with Crippen molar-refractivity contribution in [3.63, 3.8) is 0 Å². The summed E-state index contributed by atoms with van der Waals surface area (Å²) in [6, 6.07) is 19.1. The molecule has 2 aliphatic rings. The number of hydrogen-bond acceptors (Lipinski definition) is 9. The summed E-state index contributed by atoms with van der Waals surface area (Å²) in [5.41, 5.74) is 7.55. The Morgan fingerprint density at radius 3 is 1.68 bits per heavy atom. The number of aliphatic carboxylic acids is 1. The molecule has 0 amide bonds. The molecule has 2 heterocycles. The minimum atomic E-state index is -0.972. The van der Waals surface area contributed by atoms with Crippen LogP contribution < -0.4 is 16.9 Å². The number of nitrogen functional groups attached to an aromatic ring is 1. The van der Waals surface area contributed by atoms with Gasteiger partial charge < -0.3 is 20.8 Å². The second-order valence-corrected chi connectivity index (χ2v) is 13.6. The van der Waals surface area contributed by atoms with Gasteiger partial charge in [-0.15, -0.1) is 0 Å². The van der Waals surface area contributed by atoms with Gasteiger partial charge in [-0.2, -0.15) is 0 Å². The first kappa shape index (κ1) is 37.6. The number of aromatic amines is 2. The second kappa shape index (κ2) is 19.1. The number of thioether (sulfide) groups is 2. The number of carboxylic acids is 1. The number of carbonyl (C=O) groups is 2. The summed E-state index contributed by atoms with van der Waals surface area (Å²) >= 11 is 2.19. The number of aromatic nitrogens is 4. The summed E-state index contributed by atoms with van der Waals surface area (Å²) < 4.78 is 0. The zero-order chi connectivity index (χ0) is 35.9. The summed E-state index contributed by atoms with van der Waals surface area (Å²) in [5, 5.41) is 9.25. The second-order valence-electron chi connectivity index (χ2n) is 11.6. The molecule has 0 spiro atoms. The third kappa shape index (κ3) is 11.8. The molecule has 0 radical (unpaired) electrons. The summed E-state index contributed by atoms with van der Waals surface area (Å²) in [7, 11) is 0. The van der Waals surface area contributed by atoms with Crippen molar-refractivity contribution in [1.82, 2.24) is 19.9 Å². The maximum Gasteiger partial charge on any atom is 0.313 e. The Kier molecular flexibility index (Phi) is 14.4. The fourth-order valence-corrected chi connectivity index (χ4v) is 6.50. The molecule has 2 aromatic carbocycles. The molecule has 0 saturated heterocycles. The Labute approximate surface area is 298 Å². The number of rotatable bonds is 10. The highest BCUT2D eigenvalue weighted by atomic mass is 32.2. The van der Waals surface area contributed by atoms with E-state index < -0.39 is 17.1 Å². The topological polar surface area (TPSA) is 181 Å². The first-order valence-corrected chi connectivity index (χ1v) is 18.0. The molecule has 0 aliphatic heterocycles. The van der Waals surface area contributed by atoms with Crippen molar-refractivity contribution in [3.05, 3.63) is 121 Å². The minimum absolute atomic E-state index is 0.0344. The zero-order valence-corrected chi connectivity index (χ0v) is 28.9. The monoisotopic (exact) mass is 711 g/mol. The van der Waals surface area contributed by atoms with Crippen LogP contribution in [0, 0.1) is 13.1 Å². The maximum absolute atomic E-state index is 12.3. The molecule has 2 aliphatic carbocycles. The Morgan fingerprint density at radius 1 is 0.760 bits per heavy atom. The lowest BCUT2D eigenvalue weighted by molar-refractivity contribution is -0.133. The van der Waals surface area contributed by atoms with E-state index in [9.17, 15) is 19.2 Å². The number of hydrogen-bond donors (Lipinski definition) is 4. The third-order valence-corrected chi connectivity index (χ3v) is 9.52. The van der Waals surface area contributed by atoms with Gasteiger partial charge in [-0.1, -0.05) is 91.3 Å². The molecular weight excluding hydrogens is 675 g/mol. The van der Waals surface area contributed by atoms with Crippen molar-refractivity contribution in [1.29, 1.82) is 0 Å². The van der Waals surface area contributed by atoms with Crippen LogP contribution in [0.15, 0.2) is 80.6 Å². The molecule has 2 saturated carbocycles. The zero-order valence-electron chi connectivity index (χ0n) is 27.3. The molecule has 0 unspecified atom stereocenters. The van der Waals surface area contributed by atoms with Crippen LogP contribution in [0.25, 0.3) is 9.69 Å². The fraction of sp³-hybridized carbons (Fsp3) is 0.333. The standard InChI is InChI=1S/C20H21N3O2S.C10H9N3O3S.C6H7N/c1-21-18-17(15-10-6-3-7-11-15)22-20(23-19(18)25)26-13-16(24)12-14-8-4-2-5-9-14;1-11-8-7(5-2-3-5)12-10(13-9(8)16)17-4-6(14)15;7-6-4-2-1-3-5-6/h2,4-5,8-9,15H,3,6-7,10-13H2,(H,22,23,25);5H,2-4H2,(H,14,15)(H,12,13,16);1-5H,7H2. The number of carboxylic acid groups (broad SMARTS) is 1. The lowest BCUT2D eigenvalue weighted by Gasteiger charge is -2.22. The van der Waals surface area contributed by atoms with E-state index in [0.717, 1.165) is 61.5 Å². The van der Waals surface area contributed by atoms with Crippen LogP contribution in [0.4, 0.5) is 17.1 Å². The Bertz CT molecular complexity index is 1960. The number of anilines is 1. The Hall–Kier alpha value is -5.18. The number of H-pyrrole nitrogens is 2. The lowest BCUT2D eigenvalue weighted by atomic mass is 9.86. The number of ketones is 1. The minimum Gasteiger partial charge on any atom is -0.481 e. The van der Waals surface area contributed by atoms with Crippen molar-refractivity contribution in [2.45, 2.75) is 73.5 Å². The molecule has 0 atom stereocenters. The summed E-state index contributed by atoms with van der Waals surface area (Å²) in [5.74, 6) is -0.443. The molecular formula is C36H37N7O5S2. The average molecular weight is 712 g/mol. The van der Waals surface area contributed by atoms with Crippen molar-refractivity contribution in [3.8, 4) is 0 Å². The third-order valence-electron chi connectivity index (χ3n) is 7.73. The summed E-state index contributed by atoms with van der Waals surface area (Å²) in [6.45, 7) is 14.3. The van der Waals surface area contributed by atoms with Gasteiger partial charge in [-0.05, 0) is 55.2 Å². The van der Waals surface area contributed by atoms with Gasteiger partial charge >= 0.3 is 5.97 Å². The molecule has 50 heavy (non-hydrogen) atoms. The number of benzene rings is 2. The Balaban J connectivity index is 0.000000199. The highest BCUT2D eigenvalue weighted by Gasteiger charge is 2.30. The normalized spacial score (nSPS) is 13.7. The first-order valence-electron chi connectivity index (χ1n) is 16.0. The van der Waals surface area contributed by atoms with Gasteiger partial charge in [0.05, 0.1) is 36.0 Å². The predicted octanol–water partition coefficient (Wildman–Crippen LogP) is 6.92. The van der Waals surface area contributed by atoms with Crippen LogP contribution in [-0.2, 0) is 16.0 Å². The van der Waals surface area contributed by atoms with E-state index in [-0.39, 0.29) is 45.7 Å². The average Bonchev–Trinajstić information content (AvgIpc) is 3.97. The van der Waals surface area contributed by atoms with Crippen molar-refractivity contribution in [2.24, 2.45) is 0 Å². The van der Waals surface area contributed by atoms with E-state index in [4.69, 9.17) is 24.0 Å². The van der Waals surface area contributed by atoms with Crippen LogP contribution in [0.5, 0.6) is 0 Å². The molecule has 5 N–H and O–H groups in total. The molecule has 4 aromatic rings. The van der Waals surface area contributed by atoms with Crippen LogP contribution in [-0.4, -0.2) is 48.3 Å². The smallest absolute Gasteiger partial charge is 0.313 e. The summed E-state index contributed by atoms with van der Waals surface area (Å²) in [6.07, 6.45) is 7.58. The maximum atomic E-state index is 12.3. The highest BCUT2D eigenvalue weighted by Crippen LogP contribution is 2.42. The van der Waals surface area contributed by atoms with Crippen molar-refractivity contribution < 1.29 is 14.7 Å². The van der Waals surface area contributed by atoms with Crippen molar-refractivity contribution in [2.75, 3.05) is 17.2 Å².